The first-order valence-electron chi connectivity index (χ1n) is 6.72. The van der Waals surface area contributed by atoms with Crippen molar-refractivity contribution in [1.82, 2.24) is 5.32 Å². The van der Waals surface area contributed by atoms with Crippen molar-refractivity contribution < 1.29 is 9.32 Å². The Morgan fingerprint density at radius 2 is 1.84 bits per heavy atom. The number of benzene rings is 1. The molecule has 2 atom stereocenters. The molecule has 108 valence electrons. The highest BCUT2D eigenvalue weighted by atomic mass is 32.2. The lowest BCUT2D eigenvalue weighted by atomic mass is 9.87. The molecule has 0 aliphatic heterocycles. The first-order valence-corrected chi connectivity index (χ1v) is 8.04. The normalized spacial score (nSPS) is 15.2. The van der Waals surface area contributed by atoms with Crippen LogP contribution in [0, 0.1) is 0 Å². The highest BCUT2D eigenvalue weighted by Gasteiger charge is 2.15. The summed E-state index contributed by atoms with van der Waals surface area (Å²) in [4.78, 5) is 0.781. The average Bonchev–Trinajstić information content (AvgIpc) is 2.35. The lowest BCUT2D eigenvalue weighted by molar-refractivity contribution is 0.195. The summed E-state index contributed by atoms with van der Waals surface area (Å²) >= 11 is 0. The van der Waals surface area contributed by atoms with Crippen LogP contribution in [0.15, 0.2) is 29.2 Å². The second kappa shape index (κ2) is 7.17. The predicted octanol–water partition coefficient (Wildman–Crippen LogP) is 2.06. The number of nitrogens with one attached hydrogen (secondary N) is 1. The van der Waals surface area contributed by atoms with Crippen LogP contribution >= 0.6 is 0 Å². The zero-order valence-corrected chi connectivity index (χ0v) is 13.1. The fourth-order valence-corrected chi connectivity index (χ4v) is 2.85. The summed E-state index contributed by atoms with van der Waals surface area (Å²) in [5.41, 5.74) is 1.33. The number of rotatable bonds is 6. The van der Waals surface area contributed by atoms with E-state index >= 15 is 0 Å². The van der Waals surface area contributed by atoms with Gasteiger partial charge in [-0.15, -0.1) is 0 Å². The average molecular weight is 283 g/mol. The molecular weight excluding hydrogens is 258 g/mol. The molecule has 0 radical (unpaired) electrons. The van der Waals surface area contributed by atoms with E-state index in [1.807, 2.05) is 31.2 Å². The van der Waals surface area contributed by atoms with E-state index in [0.717, 1.165) is 11.4 Å². The quantitative estimate of drug-likeness (QED) is 0.840. The van der Waals surface area contributed by atoms with E-state index in [1.165, 1.54) is 5.56 Å². The Hall–Kier alpha value is -0.710. The molecule has 0 amide bonds. The molecule has 0 spiro atoms. The van der Waals surface area contributed by atoms with Gasteiger partial charge in [0, 0.05) is 11.4 Å². The minimum absolute atomic E-state index is 0.102. The molecule has 1 aromatic carbocycles. The maximum atomic E-state index is 12.1. The van der Waals surface area contributed by atoms with Gasteiger partial charge in [-0.3, -0.25) is 4.21 Å². The van der Waals surface area contributed by atoms with Gasteiger partial charge >= 0.3 is 0 Å². The van der Waals surface area contributed by atoms with Gasteiger partial charge in [-0.25, -0.2) is 0 Å². The zero-order valence-electron chi connectivity index (χ0n) is 12.3. The van der Waals surface area contributed by atoms with E-state index in [-0.39, 0.29) is 11.2 Å². The number of aliphatic hydroxyl groups is 1. The van der Waals surface area contributed by atoms with Gasteiger partial charge in [-0.05, 0) is 29.7 Å². The van der Waals surface area contributed by atoms with E-state index in [2.05, 4.69) is 26.1 Å². The largest absolute Gasteiger partial charge is 0.391 e. The summed E-state index contributed by atoms with van der Waals surface area (Å²) in [6.07, 6.45) is -0.567. The second-order valence-corrected chi connectivity index (χ2v) is 7.24. The summed E-state index contributed by atoms with van der Waals surface area (Å²) in [7, 11) is -1.14. The van der Waals surface area contributed by atoms with Crippen LogP contribution in [0.1, 0.15) is 33.3 Å². The summed E-state index contributed by atoms with van der Waals surface area (Å²) in [6, 6.07) is 7.83. The van der Waals surface area contributed by atoms with Crippen LogP contribution < -0.4 is 5.32 Å². The molecule has 0 heterocycles. The number of hydrogen-bond acceptors (Lipinski definition) is 3. The summed E-state index contributed by atoms with van der Waals surface area (Å²) < 4.78 is 12.1. The van der Waals surface area contributed by atoms with Crippen LogP contribution in [-0.2, 0) is 16.2 Å². The lowest BCUT2D eigenvalue weighted by Crippen LogP contribution is -2.30. The second-order valence-electron chi connectivity index (χ2n) is 5.75. The maximum Gasteiger partial charge on any atom is 0.0783 e. The molecule has 0 aliphatic carbocycles. The van der Waals surface area contributed by atoms with Crippen molar-refractivity contribution in [2.24, 2.45) is 0 Å². The summed E-state index contributed by atoms with van der Waals surface area (Å²) in [5, 5.41) is 12.8. The standard InChI is InChI=1S/C15H25NO2S/c1-5-16-10-13(17)11-19(18)14-8-6-12(7-9-14)15(2,3)4/h6-9,13,16-17H,5,10-11H2,1-4H3. The van der Waals surface area contributed by atoms with Gasteiger partial charge in [0.25, 0.3) is 0 Å². The van der Waals surface area contributed by atoms with E-state index < -0.39 is 16.9 Å². The van der Waals surface area contributed by atoms with Crippen LogP contribution in [0.2, 0.25) is 0 Å². The molecule has 0 saturated carbocycles. The van der Waals surface area contributed by atoms with Crippen molar-refractivity contribution >= 4 is 10.8 Å². The van der Waals surface area contributed by atoms with E-state index in [1.54, 1.807) is 0 Å². The third kappa shape index (κ3) is 5.43. The van der Waals surface area contributed by atoms with Gasteiger partial charge in [0.2, 0.25) is 0 Å². The maximum absolute atomic E-state index is 12.1. The third-order valence-electron chi connectivity index (χ3n) is 2.96. The van der Waals surface area contributed by atoms with Gasteiger partial charge in [0.05, 0.1) is 22.7 Å². The Balaban J connectivity index is 2.63. The van der Waals surface area contributed by atoms with Crippen LogP contribution in [0.4, 0.5) is 0 Å². The fourth-order valence-electron chi connectivity index (χ4n) is 1.75. The third-order valence-corrected chi connectivity index (χ3v) is 4.44. The van der Waals surface area contributed by atoms with Crippen molar-refractivity contribution in [1.29, 1.82) is 0 Å². The summed E-state index contributed by atoms with van der Waals surface area (Å²) in [5.74, 6) is 0.280. The number of hydrogen-bond donors (Lipinski definition) is 2. The lowest BCUT2D eigenvalue weighted by Gasteiger charge is -2.19. The first kappa shape index (κ1) is 16.3. The molecule has 0 bridgehead atoms. The van der Waals surface area contributed by atoms with Gasteiger partial charge in [-0.2, -0.15) is 0 Å². The summed E-state index contributed by atoms with van der Waals surface area (Å²) in [6.45, 7) is 9.73. The Labute approximate surface area is 118 Å². The smallest absolute Gasteiger partial charge is 0.0783 e. The van der Waals surface area contributed by atoms with E-state index in [0.29, 0.717) is 6.54 Å². The fraction of sp³-hybridized carbons (Fsp3) is 0.600. The van der Waals surface area contributed by atoms with Crippen LogP contribution in [0.25, 0.3) is 0 Å². The van der Waals surface area contributed by atoms with Gasteiger partial charge in [0.1, 0.15) is 0 Å². The monoisotopic (exact) mass is 283 g/mol. The molecule has 0 aliphatic rings. The SMILES string of the molecule is CCNCC(O)CS(=O)c1ccc(C(C)(C)C)cc1. The van der Waals surface area contributed by atoms with Crippen molar-refractivity contribution in [3.63, 3.8) is 0 Å². The molecular formula is C15H25NO2S. The molecule has 19 heavy (non-hydrogen) atoms. The number of likely N-dealkylation sites (N-methyl/N-ethyl adjacent to an activating group) is 1. The predicted molar refractivity (Wildman–Crippen MR) is 81.0 cm³/mol. The molecule has 2 unspecified atom stereocenters. The van der Waals surface area contributed by atoms with Crippen molar-refractivity contribution in [3.8, 4) is 0 Å². The molecule has 0 aromatic heterocycles. The van der Waals surface area contributed by atoms with Crippen molar-refractivity contribution in [3.05, 3.63) is 29.8 Å². The Morgan fingerprint density at radius 3 is 2.32 bits per heavy atom. The van der Waals surface area contributed by atoms with Crippen LogP contribution in [0.3, 0.4) is 0 Å². The van der Waals surface area contributed by atoms with E-state index in [9.17, 15) is 9.32 Å². The zero-order chi connectivity index (χ0) is 14.5. The van der Waals surface area contributed by atoms with Gasteiger partial charge < -0.3 is 10.4 Å². The molecule has 4 heteroatoms. The molecule has 0 saturated heterocycles. The number of aliphatic hydroxyl groups excluding tert-OH is 1. The van der Waals surface area contributed by atoms with Gasteiger partial charge in [0.15, 0.2) is 0 Å². The first-order chi connectivity index (χ1) is 8.84. The minimum Gasteiger partial charge on any atom is -0.391 e. The highest BCUT2D eigenvalue weighted by Crippen LogP contribution is 2.23. The minimum atomic E-state index is -1.14. The van der Waals surface area contributed by atoms with E-state index in [4.69, 9.17) is 0 Å². The molecule has 2 N–H and O–H groups in total. The topological polar surface area (TPSA) is 49.3 Å². The Bertz CT molecular complexity index is 409. The molecule has 0 fully saturated rings. The van der Waals surface area contributed by atoms with Crippen molar-refractivity contribution in [2.75, 3.05) is 18.8 Å². The molecule has 1 aromatic rings. The van der Waals surface area contributed by atoms with Crippen LogP contribution in [0.5, 0.6) is 0 Å². The van der Waals surface area contributed by atoms with Crippen LogP contribution in [-0.4, -0.2) is 34.3 Å². The van der Waals surface area contributed by atoms with Crippen molar-refractivity contribution in [2.45, 2.75) is 44.1 Å². The van der Waals surface area contributed by atoms with Gasteiger partial charge in [-0.1, -0.05) is 39.8 Å². The highest BCUT2D eigenvalue weighted by molar-refractivity contribution is 7.85. The Morgan fingerprint density at radius 1 is 1.26 bits per heavy atom. The molecule has 3 nitrogen and oxygen atoms in total. The Kier molecular flexibility index (Phi) is 6.17. The molecule has 1 rings (SSSR count).